The van der Waals surface area contributed by atoms with Gasteiger partial charge in [0.25, 0.3) is 5.91 Å². The number of carbonyl (C=O) groups is 1. The Labute approximate surface area is 141 Å². The van der Waals surface area contributed by atoms with Crippen molar-refractivity contribution in [2.75, 3.05) is 18.8 Å². The van der Waals surface area contributed by atoms with Gasteiger partial charge in [-0.05, 0) is 38.5 Å². The third-order valence-corrected chi connectivity index (χ3v) is 4.60. The lowest BCUT2D eigenvalue weighted by molar-refractivity contribution is 0.0759. The fourth-order valence-electron chi connectivity index (χ4n) is 3.32. The molecule has 7 nitrogen and oxygen atoms in total. The Balaban J connectivity index is 1.61. The van der Waals surface area contributed by atoms with Gasteiger partial charge in [0.05, 0.1) is 29.3 Å². The van der Waals surface area contributed by atoms with Gasteiger partial charge in [-0.15, -0.1) is 0 Å². The van der Waals surface area contributed by atoms with Crippen LogP contribution >= 0.6 is 0 Å². The number of nitrogens with zero attached hydrogens (tertiary/aromatic N) is 5. The van der Waals surface area contributed by atoms with Gasteiger partial charge in [-0.3, -0.25) is 14.5 Å². The fraction of sp³-hybridized carbons (Fsp3) is 0.529. The van der Waals surface area contributed by atoms with Crippen LogP contribution < -0.4 is 5.73 Å². The zero-order chi connectivity index (χ0) is 17.1. The summed E-state index contributed by atoms with van der Waals surface area (Å²) >= 11 is 0. The quantitative estimate of drug-likeness (QED) is 0.924. The first-order valence-electron chi connectivity index (χ1n) is 8.39. The molecule has 2 N–H and O–H groups in total. The molecule has 0 saturated carbocycles. The zero-order valence-corrected chi connectivity index (χ0v) is 14.3. The summed E-state index contributed by atoms with van der Waals surface area (Å²) in [4.78, 5) is 23.1. The number of hydrogen-bond donors (Lipinski definition) is 1. The van der Waals surface area contributed by atoms with Crippen LogP contribution in [0.5, 0.6) is 0 Å². The van der Waals surface area contributed by atoms with Crippen LogP contribution in [-0.2, 0) is 13.5 Å². The summed E-state index contributed by atoms with van der Waals surface area (Å²) in [5.41, 5.74) is 8.05. The molecule has 3 rings (SSSR count). The summed E-state index contributed by atoms with van der Waals surface area (Å²) < 4.78 is 1.70. The van der Waals surface area contributed by atoms with E-state index in [-0.39, 0.29) is 5.91 Å². The second kappa shape index (κ2) is 6.98. The third kappa shape index (κ3) is 3.72. The monoisotopic (exact) mass is 328 g/mol. The third-order valence-electron chi connectivity index (χ3n) is 4.60. The normalized spacial score (nSPS) is 18.4. The number of aromatic nitrogens is 4. The van der Waals surface area contributed by atoms with Crippen molar-refractivity contribution < 1.29 is 4.79 Å². The Hall–Kier alpha value is -2.44. The molecule has 1 aliphatic rings. The van der Waals surface area contributed by atoms with E-state index in [2.05, 4.69) is 15.1 Å². The molecule has 1 aliphatic heterocycles. The molecule has 3 heterocycles. The van der Waals surface area contributed by atoms with Crippen molar-refractivity contribution in [2.45, 2.75) is 32.6 Å². The lowest BCUT2D eigenvalue weighted by Crippen LogP contribution is -2.32. The number of hydrogen-bond acceptors (Lipinski definition) is 5. The van der Waals surface area contributed by atoms with Gasteiger partial charge in [-0.25, -0.2) is 4.98 Å². The average Bonchev–Trinajstić information content (AvgIpc) is 2.75. The van der Waals surface area contributed by atoms with Crippen LogP contribution in [0.1, 0.15) is 41.0 Å². The Morgan fingerprint density at radius 2 is 2.12 bits per heavy atom. The first-order valence-corrected chi connectivity index (χ1v) is 8.39. The van der Waals surface area contributed by atoms with Gasteiger partial charge in [-0.2, -0.15) is 5.10 Å². The standard InChI is InChI=1S/C17H24N6O/c1-12-15(11-22(2)21-12)17(24)23-6-3-4-13(5-7-23)8-14-9-20-16(18)10-19-14/h9-11,13H,3-8H2,1-2H3,(H2,18,20). The van der Waals surface area contributed by atoms with Crippen molar-refractivity contribution in [3.8, 4) is 0 Å². The smallest absolute Gasteiger partial charge is 0.257 e. The number of amides is 1. The van der Waals surface area contributed by atoms with Gasteiger partial charge in [0.2, 0.25) is 0 Å². The minimum absolute atomic E-state index is 0.0912. The molecule has 1 unspecified atom stereocenters. The minimum atomic E-state index is 0.0912. The van der Waals surface area contributed by atoms with Gasteiger partial charge in [0.1, 0.15) is 5.82 Å². The summed E-state index contributed by atoms with van der Waals surface area (Å²) in [7, 11) is 1.84. The Morgan fingerprint density at radius 3 is 2.79 bits per heavy atom. The predicted octanol–water partition coefficient (Wildman–Crippen LogP) is 1.59. The number of likely N-dealkylation sites (tertiary alicyclic amines) is 1. The average molecular weight is 328 g/mol. The summed E-state index contributed by atoms with van der Waals surface area (Å²) in [6.45, 7) is 3.46. The molecular weight excluding hydrogens is 304 g/mol. The molecule has 0 aromatic carbocycles. The zero-order valence-electron chi connectivity index (χ0n) is 14.3. The van der Waals surface area contributed by atoms with E-state index in [0.717, 1.165) is 50.2 Å². The van der Waals surface area contributed by atoms with Crippen LogP contribution in [0.3, 0.4) is 0 Å². The second-order valence-corrected chi connectivity index (χ2v) is 6.53. The van der Waals surface area contributed by atoms with E-state index in [1.807, 2.05) is 25.1 Å². The molecule has 2 aromatic rings. The summed E-state index contributed by atoms with van der Waals surface area (Å²) in [6, 6.07) is 0. The van der Waals surface area contributed by atoms with Crippen LogP contribution in [0.2, 0.25) is 0 Å². The lowest BCUT2D eigenvalue weighted by Gasteiger charge is -2.20. The van der Waals surface area contributed by atoms with Crippen LogP contribution in [0.15, 0.2) is 18.6 Å². The highest BCUT2D eigenvalue weighted by Crippen LogP contribution is 2.22. The molecule has 128 valence electrons. The van der Waals surface area contributed by atoms with Crippen molar-refractivity contribution in [3.05, 3.63) is 35.5 Å². The van der Waals surface area contributed by atoms with Crippen molar-refractivity contribution in [3.63, 3.8) is 0 Å². The largest absolute Gasteiger partial charge is 0.382 e. The molecule has 1 amide bonds. The molecule has 0 bridgehead atoms. The summed E-state index contributed by atoms with van der Waals surface area (Å²) in [5, 5.41) is 4.27. The maximum atomic E-state index is 12.7. The van der Waals surface area contributed by atoms with Crippen LogP contribution in [-0.4, -0.2) is 43.6 Å². The number of nitrogens with two attached hydrogens (primary N) is 1. The van der Waals surface area contributed by atoms with Crippen molar-refractivity contribution in [1.29, 1.82) is 0 Å². The van der Waals surface area contributed by atoms with Gasteiger partial charge >= 0.3 is 0 Å². The highest BCUT2D eigenvalue weighted by molar-refractivity contribution is 5.95. The first kappa shape index (κ1) is 16.4. The molecule has 7 heteroatoms. The maximum Gasteiger partial charge on any atom is 0.257 e. The van der Waals surface area contributed by atoms with E-state index in [4.69, 9.17) is 5.73 Å². The minimum Gasteiger partial charge on any atom is -0.382 e. The lowest BCUT2D eigenvalue weighted by atomic mass is 9.95. The van der Waals surface area contributed by atoms with E-state index in [0.29, 0.717) is 17.3 Å². The fourth-order valence-corrected chi connectivity index (χ4v) is 3.32. The Bertz CT molecular complexity index is 708. The van der Waals surface area contributed by atoms with Gasteiger partial charge in [-0.1, -0.05) is 0 Å². The predicted molar refractivity (Wildman–Crippen MR) is 91.3 cm³/mol. The maximum absolute atomic E-state index is 12.7. The summed E-state index contributed by atoms with van der Waals surface area (Å²) in [5.74, 6) is 1.06. The van der Waals surface area contributed by atoms with Crippen LogP contribution in [0.4, 0.5) is 5.82 Å². The number of carbonyl (C=O) groups excluding carboxylic acids is 1. The topological polar surface area (TPSA) is 89.9 Å². The Kier molecular flexibility index (Phi) is 4.78. The molecule has 1 saturated heterocycles. The highest BCUT2D eigenvalue weighted by atomic mass is 16.2. The highest BCUT2D eigenvalue weighted by Gasteiger charge is 2.24. The van der Waals surface area contributed by atoms with Gasteiger partial charge in [0, 0.05) is 26.3 Å². The van der Waals surface area contributed by atoms with Gasteiger partial charge in [0.15, 0.2) is 0 Å². The van der Waals surface area contributed by atoms with Crippen LogP contribution in [0, 0.1) is 12.8 Å². The molecule has 0 radical (unpaired) electrons. The SMILES string of the molecule is Cc1nn(C)cc1C(=O)N1CCCC(Cc2cnc(N)cn2)CC1. The van der Waals surface area contributed by atoms with E-state index in [1.54, 1.807) is 17.1 Å². The van der Waals surface area contributed by atoms with Crippen molar-refractivity contribution in [2.24, 2.45) is 13.0 Å². The van der Waals surface area contributed by atoms with Gasteiger partial charge < -0.3 is 10.6 Å². The molecule has 0 aliphatic carbocycles. The molecule has 24 heavy (non-hydrogen) atoms. The van der Waals surface area contributed by atoms with Crippen LogP contribution in [0.25, 0.3) is 0 Å². The number of rotatable bonds is 3. The van der Waals surface area contributed by atoms with Crippen molar-refractivity contribution in [1.82, 2.24) is 24.6 Å². The van der Waals surface area contributed by atoms with E-state index in [9.17, 15) is 4.79 Å². The number of anilines is 1. The molecule has 2 aromatic heterocycles. The molecule has 1 fully saturated rings. The second-order valence-electron chi connectivity index (χ2n) is 6.53. The Morgan fingerprint density at radius 1 is 1.29 bits per heavy atom. The number of nitrogen functional groups attached to an aromatic ring is 1. The first-order chi connectivity index (χ1) is 11.5. The van der Waals surface area contributed by atoms with E-state index < -0.39 is 0 Å². The molecular formula is C17H24N6O. The summed E-state index contributed by atoms with van der Waals surface area (Å²) in [6.07, 6.45) is 9.15. The molecule has 1 atom stereocenters. The van der Waals surface area contributed by atoms with Crippen molar-refractivity contribution >= 4 is 11.7 Å². The molecule has 0 spiro atoms. The van der Waals surface area contributed by atoms with E-state index in [1.165, 1.54) is 0 Å². The van der Waals surface area contributed by atoms with E-state index >= 15 is 0 Å². The number of aryl methyl sites for hydroxylation is 2.